The lowest BCUT2D eigenvalue weighted by molar-refractivity contribution is 0.140. The zero-order valence-corrected chi connectivity index (χ0v) is 11.7. The van der Waals surface area contributed by atoms with E-state index < -0.39 is 0 Å². The van der Waals surface area contributed by atoms with Crippen molar-refractivity contribution < 1.29 is 5.11 Å². The molecule has 2 atom stereocenters. The van der Waals surface area contributed by atoms with Crippen LogP contribution in [0, 0.1) is 6.92 Å². The molecule has 0 aliphatic carbocycles. The first-order valence-electron chi connectivity index (χ1n) is 6.34. The Labute approximate surface area is 112 Å². The van der Waals surface area contributed by atoms with Gasteiger partial charge in [-0.25, -0.2) is 4.98 Å². The smallest absolute Gasteiger partial charge is 0.0954 e. The minimum absolute atomic E-state index is 0.190. The summed E-state index contributed by atoms with van der Waals surface area (Å²) in [5.41, 5.74) is 2.25. The van der Waals surface area contributed by atoms with E-state index >= 15 is 0 Å². The molecule has 2 unspecified atom stereocenters. The van der Waals surface area contributed by atoms with Gasteiger partial charge in [0.15, 0.2) is 0 Å². The lowest BCUT2D eigenvalue weighted by Gasteiger charge is -2.21. The van der Waals surface area contributed by atoms with Gasteiger partial charge in [0.1, 0.15) is 0 Å². The lowest BCUT2D eigenvalue weighted by atomic mass is 9.89. The fourth-order valence-corrected chi connectivity index (χ4v) is 3.07. The monoisotopic (exact) mass is 261 g/mol. The van der Waals surface area contributed by atoms with E-state index in [9.17, 15) is 5.11 Å². The van der Waals surface area contributed by atoms with Crippen LogP contribution in [0.25, 0.3) is 0 Å². The van der Waals surface area contributed by atoms with Crippen LogP contribution in [0.5, 0.6) is 0 Å². The van der Waals surface area contributed by atoms with Gasteiger partial charge in [-0.2, -0.15) is 0 Å². The highest BCUT2D eigenvalue weighted by molar-refractivity contribution is 7.09. The van der Waals surface area contributed by atoms with Gasteiger partial charge < -0.3 is 5.11 Å². The van der Waals surface area contributed by atoms with E-state index in [4.69, 9.17) is 0 Å². The van der Waals surface area contributed by atoms with Crippen molar-refractivity contribution in [1.82, 2.24) is 4.98 Å². The SMILES string of the molecule is CCC(c1ccccc1)C(O)Cc1nc(C)cs1. The zero-order chi connectivity index (χ0) is 13.0. The van der Waals surface area contributed by atoms with Crippen LogP contribution in [-0.2, 0) is 6.42 Å². The summed E-state index contributed by atoms with van der Waals surface area (Å²) in [5.74, 6) is 0.190. The molecule has 0 saturated carbocycles. The maximum absolute atomic E-state index is 10.4. The van der Waals surface area contributed by atoms with Gasteiger partial charge in [0.25, 0.3) is 0 Å². The Morgan fingerprint density at radius 3 is 2.56 bits per heavy atom. The molecule has 0 saturated heterocycles. The largest absolute Gasteiger partial charge is 0.392 e. The second-order valence-electron chi connectivity index (χ2n) is 4.58. The molecule has 3 heteroatoms. The van der Waals surface area contributed by atoms with Gasteiger partial charge >= 0.3 is 0 Å². The van der Waals surface area contributed by atoms with Gasteiger partial charge in [0.2, 0.25) is 0 Å². The Balaban J connectivity index is 2.08. The maximum atomic E-state index is 10.4. The third-order valence-electron chi connectivity index (χ3n) is 3.18. The number of aliphatic hydroxyl groups is 1. The lowest BCUT2D eigenvalue weighted by Crippen LogP contribution is -2.20. The molecule has 1 heterocycles. The van der Waals surface area contributed by atoms with Crippen LogP contribution in [0.4, 0.5) is 0 Å². The summed E-state index contributed by atoms with van der Waals surface area (Å²) in [5, 5.41) is 13.4. The Hall–Kier alpha value is -1.19. The van der Waals surface area contributed by atoms with Crippen LogP contribution < -0.4 is 0 Å². The van der Waals surface area contributed by atoms with Gasteiger partial charge in [-0.15, -0.1) is 11.3 Å². The third-order valence-corrected chi connectivity index (χ3v) is 4.17. The maximum Gasteiger partial charge on any atom is 0.0954 e. The minimum atomic E-state index is -0.358. The molecule has 1 aromatic heterocycles. The molecular weight excluding hydrogens is 242 g/mol. The van der Waals surface area contributed by atoms with Gasteiger partial charge in [-0.3, -0.25) is 0 Å². The fraction of sp³-hybridized carbons (Fsp3) is 0.400. The van der Waals surface area contributed by atoms with E-state index in [1.165, 1.54) is 5.56 Å². The number of hydrogen-bond donors (Lipinski definition) is 1. The van der Waals surface area contributed by atoms with Crippen molar-refractivity contribution in [3.63, 3.8) is 0 Å². The summed E-state index contributed by atoms with van der Waals surface area (Å²) in [6.07, 6.45) is 1.23. The van der Waals surface area contributed by atoms with Crippen molar-refractivity contribution >= 4 is 11.3 Å². The van der Waals surface area contributed by atoms with Crippen LogP contribution >= 0.6 is 11.3 Å². The summed E-state index contributed by atoms with van der Waals surface area (Å²) >= 11 is 1.63. The third kappa shape index (κ3) is 3.18. The van der Waals surface area contributed by atoms with E-state index in [0.29, 0.717) is 6.42 Å². The number of aliphatic hydroxyl groups excluding tert-OH is 1. The molecule has 2 nitrogen and oxygen atoms in total. The molecule has 0 aliphatic rings. The average molecular weight is 261 g/mol. The van der Waals surface area contributed by atoms with E-state index in [1.54, 1.807) is 11.3 Å². The minimum Gasteiger partial charge on any atom is -0.392 e. The van der Waals surface area contributed by atoms with Crippen molar-refractivity contribution in [3.05, 3.63) is 52.0 Å². The van der Waals surface area contributed by atoms with Gasteiger partial charge in [0.05, 0.1) is 11.1 Å². The highest BCUT2D eigenvalue weighted by Gasteiger charge is 2.20. The van der Waals surface area contributed by atoms with Gasteiger partial charge in [-0.1, -0.05) is 37.3 Å². The van der Waals surface area contributed by atoms with E-state index in [0.717, 1.165) is 17.1 Å². The van der Waals surface area contributed by atoms with E-state index in [2.05, 4.69) is 24.0 Å². The van der Waals surface area contributed by atoms with Crippen LogP contribution in [0.1, 0.15) is 35.5 Å². The standard InChI is InChI=1S/C15H19NOS/c1-3-13(12-7-5-4-6-8-12)14(17)9-15-16-11(2)10-18-15/h4-8,10,13-14,17H,3,9H2,1-2H3. The quantitative estimate of drug-likeness (QED) is 0.893. The molecule has 0 amide bonds. The Bertz CT molecular complexity index is 480. The van der Waals surface area contributed by atoms with Crippen molar-refractivity contribution in [3.8, 4) is 0 Å². The number of aryl methyl sites for hydroxylation is 1. The summed E-state index contributed by atoms with van der Waals surface area (Å²) in [4.78, 5) is 4.42. The summed E-state index contributed by atoms with van der Waals surface area (Å²) in [6.45, 7) is 4.11. The topological polar surface area (TPSA) is 33.1 Å². The predicted molar refractivity (Wildman–Crippen MR) is 76.0 cm³/mol. The van der Waals surface area contributed by atoms with E-state index in [-0.39, 0.29) is 12.0 Å². The molecule has 1 aromatic carbocycles. The van der Waals surface area contributed by atoms with E-state index in [1.807, 2.05) is 30.5 Å². The van der Waals surface area contributed by atoms with Crippen molar-refractivity contribution in [2.75, 3.05) is 0 Å². The van der Waals surface area contributed by atoms with Crippen LogP contribution in [-0.4, -0.2) is 16.2 Å². The fourth-order valence-electron chi connectivity index (χ4n) is 2.25. The van der Waals surface area contributed by atoms with Gasteiger partial charge in [0, 0.05) is 23.4 Å². The first-order valence-corrected chi connectivity index (χ1v) is 7.22. The highest BCUT2D eigenvalue weighted by atomic mass is 32.1. The first kappa shape index (κ1) is 13.2. The summed E-state index contributed by atoms with van der Waals surface area (Å²) in [7, 11) is 0. The number of aromatic nitrogens is 1. The predicted octanol–water partition coefficient (Wildman–Crippen LogP) is 3.55. The van der Waals surface area contributed by atoms with Crippen molar-refractivity contribution in [1.29, 1.82) is 0 Å². The number of rotatable bonds is 5. The molecule has 2 aromatic rings. The molecule has 0 bridgehead atoms. The molecular formula is C15H19NOS. The van der Waals surface area contributed by atoms with Crippen molar-refractivity contribution in [2.45, 2.75) is 38.7 Å². The zero-order valence-electron chi connectivity index (χ0n) is 10.8. The number of thiazole rings is 1. The van der Waals surface area contributed by atoms with Crippen molar-refractivity contribution in [2.24, 2.45) is 0 Å². The molecule has 1 N–H and O–H groups in total. The van der Waals surface area contributed by atoms with Crippen LogP contribution in [0.3, 0.4) is 0 Å². The highest BCUT2D eigenvalue weighted by Crippen LogP contribution is 2.26. The molecule has 0 spiro atoms. The number of benzene rings is 1. The first-order chi connectivity index (χ1) is 8.70. The number of hydrogen-bond acceptors (Lipinski definition) is 3. The summed E-state index contributed by atoms with van der Waals surface area (Å²) in [6, 6.07) is 10.2. The number of nitrogens with zero attached hydrogens (tertiary/aromatic N) is 1. The van der Waals surface area contributed by atoms with Crippen LogP contribution in [0.2, 0.25) is 0 Å². The summed E-state index contributed by atoms with van der Waals surface area (Å²) < 4.78 is 0. The van der Waals surface area contributed by atoms with Crippen LogP contribution in [0.15, 0.2) is 35.7 Å². The molecule has 18 heavy (non-hydrogen) atoms. The Kier molecular flexibility index (Phi) is 4.50. The molecule has 2 rings (SSSR count). The normalized spacial score (nSPS) is 14.4. The average Bonchev–Trinajstić information content (AvgIpc) is 2.77. The molecule has 0 radical (unpaired) electrons. The Morgan fingerprint density at radius 1 is 1.28 bits per heavy atom. The molecule has 0 aliphatic heterocycles. The molecule has 0 fully saturated rings. The van der Waals surface area contributed by atoms with Gasteiger partial charge in [-0.05, 0) is 18.9 Å². The second kappa shape index (κ2) is 6.12. The second-order valence-corrected chi connectivity index (χ2v) is 5.52. The Morgan fingerprint density at radius 2 is 2.00 bits per heavy atom. The molecule has 96 valence electrons.